The number of methoxy groups -OCH3 is 2. The van der Waals surface area contributed by atoms with Crippen molar-refractivity contribution in [3.63, 3.8) is 0 Å². The minimum atomic E-state index is -2.01. The molecular formula is C27H32N4O4. The zero-order valence-corrected chi connectivity index (χ0v) is 20.4. The van der Waals surface area contributed by atoms with Gasteiger partial charge in [-0.05, 0) is 18.9 Å². The van der Waals surface area contributed by atoms with Crippen LogP contribution in [0.3, 0.4) is 0 Å². The van der Waals surface area contributed by atoms with E-state index in [1.165, 1.54) is 27.1 Å². The predicted octanol–water partition coefficient (Wildman–Crippen LogP) is 5.55. The van der Waals surface area contributed by atoms with Crippen LogP contribution in [-0.2, 0) is 9.47 Å². The Morgan fingerprint density at radius 1 is 0.914 bits per heavy atom. The topological polar surface area (TPSA) is 132 Å². The molecule has 3 aliphatic rings. The van der Waals surface area contributed by atoms with Crippen LogP contribution in [0.4, 0.5) is 0 Å². The van der Waals surface area contributed by atoms with Crippen LogP contribution in [0.5, 0.6) is 11.5 Å². The summed E-state index contributed by atoms with van der Waals surface area (Å²) in [4.78, 5) is 0. The molecule has 2 saturated heterocycles. The summed E-state index contributed by atoms with van der Waals surface area (Å²) >= 11 is 0. The van der Waals surface area contributed by atoms with Crippen molar-refractivity contribution >= 4 is 5.90 Å². The molecule has 1 saturated carbocycles. The van der Waals surface area contributed by atoms with Gasteiger partial charge in [-0.1, -0.05) is 57.1 Å². The van der Waals surface area contributed by atoms with Crippen LogP contribution >= 0.6 is 0 Å². The molecule has 35 heavy (non-hydrogen) atoms. The van der Waals surface area contributed by atoms with Crippen molar-refractivity contribution in [3.05, 3.63) is 23.8 Å². The van der Waals surface area contributed by atoms with E-state index in [0.717, 1.165) is 38.5 Å². The normalized spacial score (nSPS) is 32.3. The Labute approximate surface area is 206 Å². The van der Waals surface area contributed by atoms with Crippen molar-refractivity contribution in [2.75, 3.05) is 14.2 Å². The fourth-order valence-corrected chi connectivity index (χ4v) is 6.32. The summed E-state index contributed by atoms with van der Waals surface area (Å²) < 4.78 is 24.0. The van der Waals surface area contributed by atoms with Crippen LogP contribution in [-0.4, -0.2) is 25.9 Å². The van der Waals surface area contributed by atoms with Gasteiger partial charge in [0.1, 0.15) is 6.10 Å². The largest absolute Gasteiger partial charge is 0.493 e. The fourth-order valence-electron chi connectivity index (χ4n) is 6.32. The summed E-state index contributed by atoms with van der Waals surface area (Å²) in [6, 6.07) is 11.7. The number of rotatable bonds is 3. The summed E-state index contributed by atoms with van der Waals surface area (Å²) in [7, 11) is 2.99. The van der Waals surface area contributed by atoms with Gasteiger partial charge in [0.15, 0.2) is 16.9 Å². The first-order chi connectivity index (χ1) is 17.0. The molecule has 0 aromatic heterocycles. The number of nitrogens with zero attached hydrogens (tertiary/aromatic N) is 3. The Bertz CT molecular complexity index is 1090. The molecule has 1 aromatic carbocycles. The molecule has 1 aromatic rings. The number of hydrogen-bond donors (Lipinski definition) is 1. The number of nitrogens with one attached hydrogen (secondary N) is 1. The third-order valence-corrected chi connectivity index (χ3v) is 8.03. The minimum Gasteiger partial charge on any atom is -0.493 e. The molecule has 1 N–H and O–H groups in total. The molecule has 4 unspecified atom stereocenters. The van der Waals surface area contributed by atoms with Gasteiger partial charge in [-0.3, -0.25) is 5.41 Å². The second-order valence-electron chi connectivity index (χ2n) is 9.69. The monoisotopic (exact) mass is 476 g/mol. The lowest BCUT2D eigenvalue weighted by atomic mass is 9.52. The molecule has 2 bridgehead atoms. The van der Waals surface area contributed by atoms with Crippen LogP contribution in [0, 0.1) is 56.2 Å². The summed E-state index contributed by atoms with van der Waals surface area (Å²) in [5.41, 5.74) is -3.35. The second kappa shape index (κ2) is 9.76. The Hall–Kier alpha value is -3.28. The highest BCUT2D eigenvalue weighted by atomic mass is 16.7. The number of benzene rings is 1. The van der Waals surface area contributed by atoms with Crippen molar-refractivity contribution in [2.45, 2.75) is 76.1 Å². The summed E-state index contributed by atoms with van der Waals surface area (Å²) in [5, 5.41) is 40.7. The SMILES string of the molecule is COc1cccc(C2OC34CCCCCCCCCCC3C(C#N)(C(=N)O4)C2(C#N)C#N)c1OC. The van der Waals surface area contributed by atoms with E-state index >= 15 is 0 Å². The van der Waals surface area contributed by atoms with Gasteiger partial charge in [-0.25, -0.2) is 0 Å². The summed E-state index contributed by atoms with van der Waals surface area (Å²) in [5.74, 6) is -1.45. The molecule has 3 fully saturated rings. The number of nitriles is 3. The van der Waals surface area contributed by atoms with Gasteiger partial charge in [-0.15, -0.1) is 0 Å². The zero-order valence-electron chi connectivity index (χ0n) is 20.4. The lowest BCUT2D eigenvalue weighted by Crippen LogP contribution is -2.59. The first kappa shape index (κ1) is 24.8. The van der Waals surface area contributed by atoms with Crippen LogP contribution in [0.1, 0.15) is 75.9 Å². The molecule has 8 heteroatoms. The van der Waals surface area contributed by atoms with Crippen LogP contribution in [0.25, 0.3) is 0 Å². The Morgan fingerprint density at radius 2 is 1.57 bits per heavy atom. The fraction of sp³-hybridized carbons (Fsp3) is 0.630. The van der Waals surface area contributed by atoms with E-state index in [-0.39, 0.29) is 5.90 Å². The lowest BCUT2D eigenvalue weighted by Gasteiger charge is -2.50. The lowest BCUT2D eigenvalue weighted by molar-refractivity contribution is -0.288. The van der Waals surface area contributed by atoms with E-state index in [0.29, 0.717) is 29.9 Å². The van der Waals surface area contributed by atoms with Crippen molar-refractivity contribution in [1.29, 1.82) is 21.2 Å². The molecule has 0 spiro atoms. The first-order valence-corrected chi connectivity index (χ1v) is 12.4. The molecule has 0 amide bonds. The highest BCUT2D eigenvalue weighted by molar-refractivity contribution is 5.89. The van der Waals surface area contributed by atoms with E-state index in [2.05, 4.69) is 18.2 Å². The number of ether oxygens (including phenoxy) is 4. The molecule has 8 nitrogen and oxygen atoms in total. The molecule has 4 rings (SSSR count). The van der Waals surface area contributed by atoms with E-state index in [1.807, 2.05) is 0 Å². The maximum Gasteiger partial charge on any atom is 0.217 e. The molecule has 1 aliphatic carbocycles. The van der Waals surface area contributed by atoms with Gasteiger partial charge >= 0.3 is 0 Å². The minimum absolute atomic E-state index is 0.330. The molecule has 0 radical (unpaired) electrons. The molecule has 184 valence electrons. The molecule has 2 aliphatic heterocycles. The van der Waals surface area contributed by atoms with Crippen molar-refractivity contribution in [1.82, 2.24) is 0 Å². The first-order valence-electron chi connectivity index (χ1n) is 12.4. The molecule has 2 heterocycles. The maximum atomic E-state index is 10.7. The standard InChI is InChI=1S/C27H32N4O4/c1-32-20-13-11-12-19(22(20)33-2)23-25(16-28,17-29)26(18-30)21-14-9-7-5-3-4-6-8-10-15-27(21,34-23)35-24(26)31/h11-13,21,23,31H,3-10,14-15H2,1-2H3. The van der Waals surface area contributed by atoms with E-state index in [1.54, 1.807) is 18.2 Å². The van der Waals surface area contributed by atoms with Gasteiger partial charge < -0.3 is 18.9 Å². The van der Waals surface area contributed by atoms with Gasteiger partial charge in [0, 0.05) is 12.0 Å². The van der Waals surface area contributed by atoms with Gasteiger partial charge in [0.05, 0.1) is 38.3 Å². The number of para-hydroxylation sites is 1. The number of hydrogen-bond acceptors (Lipinski definition) is 8. The van der Waals surface area contributed by atoms with Crippen LogP contribution in [0.2, 0.25) is 0 Å². The predicted molar refractivity (Wildman–Crippen MR) is 126 cm³/mol. The summed E-state index contributed by atoms with van der Waals surface area (Å²) in [6.07, 6.45) is 8.03. The third-order valence-electron chi connectivity index (χ3n) is 8.03. The van der Waals surface area contributed by atoms with Gasteiger partial charge in [0.25, 0.3) is 0 Å². The summed E-state index contributed by atoms with van der Waals surface area (Å²) in [6.45, 7) is 0. The zero-order chi connectivity index (χ0) is 25.1. The van der Waals surface area contributed by atoms with Crippen molar-refractivity contribution < 1.29 is 18.9 Å². The van der Waals surface area contributed by atoms with Gasteiger partial charge in [-0.2, -0.15) is 15.8 Å². The molecular weight excluding hydrogens is 444 g/mol. The average Bonchev–Trinajstić information content (AvgIpc) is 3.06. The highest BCUT2D eigenvalue weighted by Crippen LogP contribution is 2.69. The Kier molecular flexibility index (Phi) is 6.93. The Balaban J connectivity index is 1.94. The smallest absolute Gasteiger partial charge is 0.217 e. The van der Waals surface area contributed by atoms with Gasteiger partial charge in [0.2, 0.25) is 17.1 Å². The second-order valence-corrected chi connectivity index (χ2v) is 9.69. The van der Waals surface area contributed by atoms with Crippen molar-refractivity contribution in [3.8, 4) is 29.7 Å². The van der Waals surface area contributed by atoms with E-state index in [4.69, 9.17) is 24.4 Å². The quantitative estimate of drug-likeness (QED) is 0.604. The van der Waals surface area contributed by atoms with E-state index in [9.17, 15) is 15.8 Å². The Morgan fingerprint density at radius 3 is 2.17 bits per heavy atom. The molecule has 4 atom stereocenters. The highest BCUT2D eigenvalue weighted by Gasteiger charge is 2.80. The third kappa shape index (κ3) is 3.53. The van der Waals surface area contributed by atoms with Crippen LogP contribution in [0.15, 0.2) is 18.2 Å². The maximum absolute atomic E-state index is 10.7. The van der Waals surface area contributed by atoms with Crippen LogP contribution < -0.4 is 9.47 Å². The van der Waals surface area contributed by atoms with E-state index < -0.39 is 28.6 Å². The average molecular weight is 477 g/mol. The van der Waals surface area contributed by atoms with Crippen molar-refractivity contribution in [2.24, 2.45) is 16.7 Å².